The molecule has 0 aromatic carbocycles. The van der Waals surface area contributed by atoms with Crippen molar-refractivity contribution in [3.63, 3.8) is 0 Å². The van der Waals surface area contributed by atoms with Crippen molar-refractivity contribution in [2.75, 3.05) is 25.5 Å². The monoisotopic (exact) mass is 301 g/mol. The van der Waals surface area contributed by atoms with Gasteiger partial charge in [-0.05, 0) is 6.07 Å². The standard InChI is InChI=1S/C11H19N5O3S/c1-12-11(20)15-6-5-19-7(10(18)9(6)17)4-13-8-2-3-14-16-8/h2-3,6-7,9-10,17-18H,4-5H2,1H3,(H2,12,15,20)(H2,13,14,16)/t6-,7+,9+,10+/m0/s1. The number of anilines is 1. The van der Waals surface area contributed by atoms with Crippen molar-refractivity contribution in [3.05, 3.63) is 12.3 Å². The molecular weight excluding hydrogens is 282 g/mol. The van der Waals surface area contributed by atoms with Gasteiger partial charge in [-0.2, -0.15) is 5.10 Å². The van der Waals surface area contributed by atoms with Crippen molar-refractivity contribution in [2.24, 2.45) is 4.99 Å². The first-order valence-corrected chi connectivity index (χ1v) is 6.72. The number of aromatic nitrogens is 2. The van der Waals surface area contributed by atoms with E-state index in [0.29, 0.717) is 17.5 Å². The quantitative estimate of drug-likeness (QED) is 0.237. The fourth-order valence-corrected chi connectivity index (χ4v) is 2.09. The van der Waals surface area contributed by atoms with Gasteiger partial charge in [-0.15, -0.1) is 12.6 Å². The van der Waals surface area contributed by atoms with Crippen molar-refractivity contribution in [1.29, 1.82) is 0 Å². The van der Waals surface area contributed by atoms with Gasteiger partial charge in [0.05, 0.1) is 6.61 Å². The number of aromatic amines is 1. The van der Waals surface area contributed by atoms with Crippen molar-refractivity contribution < 1.29 is 14.9 Å². The van der Waals surface area contributed by atoms with Crippen LogP contribution in [0.1, 0.15) is 0 Å². The number of hydrogen-bond donors (Lipinski definition) is 6. The van der Waals surface area contributed by atoms with Crippen LogP contribution in [0.15, 0.2) is 17.3 Å². The largest absolute Gasteiger partial charge is 0.388 e. The van der Waals surface area contributed by atoms with Gasteiger partial charge in [0, 0.05) is 19.8 Å². The summed E-state index contributed by atoms with van der Waals surface area (Å²) in [6.07, 6.45) is -0.857. The van der Waals surface area contributed by atoms with E-state index in [1.54, 1.807) is 19.3 Å². The van der Waals surface area contributed by atoms with Gasteiger partial charge in [0.15, 0.2) is 5.17 Å². The SMILES string of the molecule is CN/C(S)=N/[C@H]1CO[C@H](CNc2cc[nH]n2)[C@@H](O)[C@@H]1O. The molecule has 1 saturated heterocycles. The summed E-state index contributed by atoms with van der Waals surface area (Å²) in [4.78, 5) is 4.13. The van der Waals surface area contributed by atoms with Crippen LogP contribution in [0.5, 0.6) is 0 Å². The first-order valence-electron chi connectivity index (χ1n) is 6.27. The van der Waals surface area contributed by atoms with Crippen LogP contribution in [-0.4, -0.2) is 70.1 Å². The topological polar surface area (TPSA) is 115 Å². The summed E-state index contributed by atoms with van der Waals surface area (Å²) >= 11 is 4.08. The van der Waals surface area contributed by atoms with Gasteiger partial charge in [0.1, 0.15) is 30.2 Å². The van der Waals surface area contributed by atoms with Crippen molar-refractivity contribution in [3.8, 4) is 0 Å². The van der Waals surface area contributed by atoms with E-state index in [9.17, 15) is 10.2 Å². The molecule has 0 amide bonds. The molecule has 0 aliphatic carbocycles. The highest BCUT2D eigenvalue weighted by atomic mass is 32.1. The van der Waals surface area contributed by atoms with Gasteiger partial charge in [-0.1, -0.05) is 0 Å². The number of thiol groups is 1. The molecule has 2 heterocycles. The molecule has 5 N–H and O–H groups in total. The molecule has 2 rings (SSSR count). The third-order valence-corrected chi connectivity index (χ3v) is 3.44. The predicted octanol–water partition coefficient (Wildman–Crippen LogP) is -1.18. The highest BCUT2D eigenvalue weighted by Crippen LogP contribution is 2.18. The number of aliphatic imine (C=N–C) groups is 1. The summed E-state index contributed by atoms with van der Waals surface area (Å²) in [5, 5.41) is 32.9. The average molecular weight is 301 g/mol. The van der Waals surface area contributed by atoms with Crippen molar-refractivity contribution >= 4 is 23.6 Å². The van der Waals surface area contributed by atoms with Gasteiger partial charge in [-0.25, -0.2) is 0 Å². The second kappa shape index (κ2) is 6.93. The Morgan fingerprint density at radius 3 is 3.05 bits per heavy atom. The number of nitrogens with one attached hydrogen (secondary N) is 3. The van der Waals surface area contributed by atoms with E-state index in [-0.39, 0.29) is 6.61 Å². The minimum atomic E-state index is -1.03. The maximum Gasteiger partial charge on any atom is 0.153 e. The zero-order chi connectivity index (χ0) is 14.5. The summed E-state index contributed by atoms with van der Waals surface area (Å²) in [6.45, 7) is 0.566. The zero-order valence-corrected chi connectivity index (χ0v) is 11.9. The number of ether oxygens (including phenoxy) is 1. The second-order valence-electron chi connectivity index (χ2n) is 4.46. The Morgan fingerprint density at radius 1 is 1.60 bits per heavy atom. The Morgan fingerprint density at radius 2 is 2.40 bits per heavy atom. The van der Waals surface area contributed by atoms with Crippen LogP contribution in [0.25, 0.3) is 0 Å². The summed E-state index contributed by atoms with van der Waals surface area (Å²) in [5.74, 6) is 0.656. The van der Waals surface area contributed by atoms with Crippen LogP contribution in [0.4, 0.5) is 5.82 Å². The van der Waals surface area contributed by atoms with Crippen LogP contribution in [0.3, 0.4) is 0 Å². The van der Waals surface area contributed by atoms with Crippen molar-refractivity contribution in [1.82, 2.24) is 15.5 Å². The van der Waals surface area contributed by atoms with Crippen LogP contribution < -0.4 is 10.6 Å². The summed E-state index contributed by atoms with van der Waals surface area (Å²) in [5.41, 5.74) is 0. The lowest BCUT2D eigenvalue weighted by Gasteiger charge is -2.36. The molecule has 1 aliphatic heterocycles. The number of aliphatic hydroxyl groups excluding tert-OH is 2. The molecule has 0 unspecified atom stereocenters. The molecule has 0 spiro atoms. The predicted molar refractivity (Wildman–Crippen MR) is 78.1 cm³/mol. The molecule has 1 aliphatic rings. The molecule has 0 saturated carbocycles. The molecule has 0 radical (unpaired) electrons. The maximum atomic E-state index is 10.1. The number of hydrogen-bond acceptors (Lipinski definition) is 6. The minimum Gasteiger partial charge on any atom is -0.388 e. The molecule has 9 heteroatoms. The highest BCUT2D eigenvalue weighted by molar-refractivity contribution is 7.96. The highest BCUT2D eigenvalue weighted by Gasteiger charge is 2.38. The Bertz CT molecular complexity index is 441. The zero-order valence-electron chi connectivity index (χ0n) is 11.0. The lowest BCUT2D eigenvalue weighted by Crippen LogP contribution is -2.54. The summed E-state index contributed by atoms with van der Waals surface area (Å²) < 4.78 is 5.54. The smallest absolute Gasteiger partial charge is 0.153 e. The minimum absolute atomic E-state index is 0.219. The number of amidine groups is 1. The first-order chi connectivity index (χ1) is 9.61. The van der Waals surface area contributed by atoms with Crippen LogP contribution in [-0.2, 0) is 4.74 Å². The fourth-order valence-electron chi connectivity index (χ4n) is 1.95. The Labute approximate surface area is 122 Å². The molecule has 1 fully saturated rings. The Kier molecular flexibility index (Phi) is 5.24. The average Bonchev–Trinajstić information content (AvgIpc) is 2.96. The van der Waals surface area contributed by atoms with E-state index in [0.717, 1.165) is 0 Å². The van der Waals surface area contributed by atoms with Gasteiger partial charge < -0.3 is 25.6 Å². The number of H-pyrrole nitrogens is 1. The number of rotatable bonds is 4. The van der Waals surface area contributed by atoms with E-state index < -0.39 is 24.4 Å². The number of nitrogens with zero attached hydrogens (tertiary/aromatic N) is 2. The summed E-state index contributed by atoms with van der Waals surface area (Å²) in [7, 11) is 1.68. The molecular formula is C11H19N5O3S. The molecule has 4 atom stereocenters. The molecule has 1 aromatic heterocycles. The van der Waals surface area contributed by atoms with E-state index in [1.165, 1.54) is 0 Å². The lowest BCUT2D eigenvalue weighted by atomic mass is 9.98. The molecule has 1 aromatic rings. The third-order valence-electron chi connectivity index (χ3n) is 3.10. The van der Waals surface area contributed by atoms with E-state index in [2.05, 4.69) is 38.5 Å². The molecule has 8 nitrogen and oxygen atoms in total. The fraction of sp³-hybridized carbons (Fsp3) is 0.636. The first kappa shape index (κ1) is 15.1. The molecule has 112 valence electrons. The molecule has 0 bridgehead atoms. The van der Waals surface area contributed by atoms with E-state index in [4.69, 9.17) is 4.74 Å². The van der Waals surface area contributed by atoms with Crippen molar-refractivity contribution in [2.45, 2.75) is 24.4 Å². The third kappa shape index (κ3) is 3.63. The van der Waals surface area contributed by atoms with Gasteiger partial charge in [0.25, 0.3) is 0 Å². The van der Waals surface area contributed by atoms with E-state index in [1.807, 2.05) is 0 Å². The Hall–Kier alpha value is -1.29. The summed E-state index contributed by atoms with van der Waals surface area (Å²) in [6, 6.07) is 1.23. The van der Waals surface area contributed by atoms with Crippen LogP contribution in [0.2, 0.25) is 0 Å². The van der Waals surface area contributed by atoms with Gasteiger partial charge in [-0.3, -0.25) is 10.1 Å². The van der Waals surface area contributed by atoms with E-state index >= 15 is 0 Å². The molecule has 20 heavy (non-hydrogen) atoms. The lowest BCUT2D eigenvalue weighted by molar-refractivity contribution is -0.138. The van der Waals surface area contributed by atoms with Crippen LogP contribution >= 0.6 is 12.6 Å². The van der Waals surface area contributed by atoms with Crippen LogP contribution in [0, 0.1) is 0 Å². The normalized spacial score (nSPS) is 31.1. The Balaban J connectivity index is 1.89. The maximum absolute atomic E-state index is 10.1. The van der Waals surface area contributed by atoms with Gasteiger partial charge in [0.2, 0.25) is 0 Å². The number of aliphatic hydroxyl groups is 2. The second-order valence-corrected chi connectivity index (χ2v) is 4.89. The van der Waals surface area contributed by atoms with Gasteiger partial charge >= 0.3 is 0 Å².